The Kier molecular flexibility index (Phi) is 6.81. The molecule has 1 aromatic carbocycles. The molecule has 1 rings (SSSR count). The first-order valence-corrected chi connectivity index (χ1v) is 5.88. The Balaban J connectivity index is 2.41. The number of rotatable bonds is 8. The van der Waals surface area contributed by atoms with E-state index < -0.39 is 0 Å². The summed E-state index contributed by atoms with van der Waals surface area (Å²) in [6.45, 7) is 4.02. The van der Waals surface area contributed by atoms with Gasteiger partial charge in [-0.15, -0.1) is 0 Å². The summed E-state index contributed by atoms with van der Waals surface area (Å²) in [6, 6.07) is 8.37. The first-order chi connectivity index (χ1) is 8.29. The van der Waals surface area contributed by atoms with Gasteiger partial charge in [0.15, 0.2) is 0 Å². The van der Waals surface area contributed by atoms with Gasteiger partial charge in [0.05, 0.1) is 13.2 Å². The first-order valence-electron chi connectivity index (χ1n) is 5.88. The molecule has 96 valence electrons. The zero-order valence-electron chi connectivity index (χ0n) is 10.6. The second-order valence-electron chi connectivity index (χ2n) is 3.97. The normalized spacial score (nSPS) is 12.6. The molecular formula is C13H22N2O2. The summed E-state index contributed by atoms with van der Waals surface area (Å²) in [6.07, 6.45) is 0.852. The molecule has 0 aromatic heterocycles. The molecule has 0 spiro atoms. The number of nitrogens with one attached hydrogen (secondary N) is 1. The maximum absolute atomic E-state index is 5.58. The van der Waals surface area contributed by atoms with Crippen molar-refractivity contribution in [1.29, 1.82) is 0 Å². The minimum Gasteiger partial charge on any atom is -0.382 e. The molecule has 0 saturated heterocycles. The Morgan fingerprint density at radius 2 is 2.00 bits per heavy atom. The Hall–Kier alpha value is -0.940. The molecule has 0 aliphatic heterocycles. The van der Waals surface area contributed by atoms with E-state index in [1.807, 2.05) is 12.1 Å². The molecule has 4 nitrogen and oxygen atoms in total. The van der Waals surface area contributed by atoms with Gasteiger partial charge in [-0.1, -0.05) is 24.3 Å². The van der Waals surface area contributed by atoms with Gasteiger partial charge in [0.2, 0.25) is 0 Å². The van der Waals surface area contributed by atoms with Crippen molar-refractivity contribution in [3.63, 3.8) is 0 Å². The summed E-state index contributed by atoms with van der Waals surface area (Å²) in [5, 5.41) is 0. The van der Waals surface area contributed by atoms with Crippen LogP contribution in [0.4, 0.5) is 0 Å². The molecule has 0 radical (unpaired) electrons. The highest BCUT2D eigenvalue weighted by atomic mass is 16.5. The number of hydrogen-bond acceptors (Lipinski definition) is 4. The van der Waals surface area contributed by atoms with Crippen molar-refractivity contribution in [2.45, 2.75) is 19.4 Å². The molecule has 1 aromatic rings. The van der Waals surface area contributed by atoms with Crippen LogP contribution in [0.2, 0.25) is 0 Å². The highest BCUT2D eigenvalue weighted by Gasteiger charge is 2.11. The van der Waals surface area contributed by atoms with Crippen LogP contribution in [-0.2, 0) is 9.47 Å². The van der Waals surface area contributed by atoms with E-state index in [0.717, 1.165) is 6.42 Å². The van der Waals surface area contributed by atoms with Crippen molar-refractivity contribution in [3.8, 4) is 0 Å². The van der Waals surface area contributed by atoms with Crippen LogP contribution < -0.4 is 11.3 Å². The fraction of sp³-hybridized carbons (Fsp3) is 0.538. The third-order valence-electron chi connectivity index (χ3n) is 2.75. The zero-order valence-corrected chi connectivity index (χ0v) is 10.6. The largest absolute Gasteiger partial charge is 0.382 e. The van der Waals surface area contributed by atoms with Crippen molar-refractivity contribution in [2.75, 3.05) is 26.9 Å². The topological polar surface area (TPSA) is 56.5 Å². The van der Waals surface area contributed by atoms with Crippen molar-refractivity contribution in [3.05, 3.63) is 35.4 Å². The molecule has 0 saturated carbocycles. The van der Waals surface area contributed by atoms with E-state index in [4.69, 9.17) is 15.3 Å². The smallest absolute Gasteiger partial charge is 0.0700 e. The molecule has 0 aliphatic carbocycles. The standard InChI is InChI=1S/C13H22N2O2/c1-11-5-3-4-6-12(11)13(15-14)7-8-17-10-9-16-2/h3-6,13,15H,7-10,14H2,1-2H3. The van der Waals surface area contributed by atoms with Gasteiger partial charge < -0.3 is 9.47 Å². The van der Waals surface area contributed by atoms with Gasteiger partial charge >= 0.3 is 0 Å². The van der Waals surface area contributed by atoms with E-state index >= 15 is 0 Å². The summed E-state index contributed by atoms with van der Waals surface area (Å²) in [5.74, 6) is 5.58. The van der Waals surface area contributed by atoms with Crippen LogP contribution in [0.1, 0.15) is 23.6 Å². The third-order valence-corrected chi connectivity index (χ3v) is 2.75. The molecule has 4 heteroatoms. The SMILES string of the molecule is COCCOCCC(NN)c1ccccc1C. The summed E-state index contributed by atoms with van der Waals surface area (Å²) in [7, 11) is 1.67. The maximum Gasteiger partial charge on any atom is 0.0700 e. The number of hydrazine groups is 1. The van der Waals surface area contributed by atoms with Crippen LogP contribution in [0.15, 0.2) is 24.3 Å². The maximum atomic E-state index is 5.58. The number of ether oxygens (including phenoxy) is 2. The molecule has 1 atom stereocenters. The Bertz CT molecular complexity index is 318. The fourth-order valence-corrected chi connectivity index (χ4v) is 1.75. The van der Waals surface area contributed by atoms with Gasteiger partial charge in [0.1, 0.15) is 0 Å². The fourth-order valence-electron chi connectivity index (χ4n) is 1.75. The van der Waals surface area contributed by atoms with Crippen molar-refractivity contribution in [1.82, 2.24) is 5.43 Å². The van der Waals surface area contributed by atoms with Crippen molar-refractivity contribution in [2.24, 2.45) is 5.84 Å². The van der Waals surface area contributed by atoms with Crippen LogP contribution in [0.3, 0.4) is 0 Å². The van der Waals surface area contributed by atoms with Crippen LogP contribution in [0.25, 0.3) is 0 Å². The average Bonchev–Trinajstić information content (AvgIpc) is 2.35. The van der Waals surface area contributed by atoms with Crippen LogP contribution in [-0.4, -0.2) is 26.9 Å². The Labute approximate surface area is 103 Å². The monoisotopic (exact) mass is 238 g/mol. The second kappa shape index (κ2) is 8.20. The molecule has 0 aliphatic rings. The van der Waals surface area contributed by atoms with Gasteiger partial charge in [-0.3, -0.25) is 11.3 Å². The minimum atomic E-state index is 0.138. The van der Waals surface area contributed by atoms with Gasteiger partial charge in [0, 0.05) is 19.8 Å². The summed E-state index contributed by atoms with van der Waals surface area (Å²) >= 11 is 0. The summed E-state index contributed by atoms with van der Waals surface area (Å²) in [5.41, 5.74) is 5.31. The predicted molar refractivity (Wildman–Crippen MR) is 68.6 cm³/mol. The lowest BCUT2D eigenvalue weighted by Crippen LogP contribution is -2.29. The lowest BCUT2D eigenvalue weighted by Gasteiger charge is -2.18. The highest BCUT2D eigenvalue weighted by molar-refractivity contribution is 5.28. The second-order valence-corrected chi connectivity index (χ2v) is 3.97. The lowest BCUT2D eigenvalue weighted by molar-refractivity contribution is 0.0657. The number of aryl methyl sites for hydroxylation is 1. The quantitative estimate of drug-likeness (QED) is 0.410. The van der Waals surface area contributed by atoms with E-state index in [0.29, 0.717) is 19.8 Å². The highest BCUT2D eigenvalue weighted by Crippen LogP contribution is 2.19. The molecule has 3 N–H and O–H groups in total. The number of nitrogens with two attached hydrogens (primary N) is 1. The molecular weight excluding hydrogens is 216 g/mol. The molecule has 0 bridgehead atoms. The molecule has 0 fully saturated rings. The number of methoxy groups -OCH3 is 1. The number of hydrogen-bond donors (Lipinski definition) is 2. The van der Waals surface area contributed by atoms with Gasteiger partial charge in [-0.2, -0.15) is 0 Å². The van der Waals surface area contributed by atoms with E-state index in [9.17, 15) is 0 Å². The van der Waals surface area contributed by atoms with E-state index in [-0.39, 0.29) is 6.04 Å². The van der Waals surface area contributed by atoms with Crippen LogP contribution >= 0.6 is 0 Å². The van der Waals surface area contributed by atoms with E-state index in [1.165, 1.54) is 11.1 Å². The minimum absolute atomic E-state index is 0.138. The van der Waals surface area contributed by atoms with Gasteiger partial charge in [0.25, 0.3) is 0 Å². The lowest BCUT2D eigenvalue weighted by atomic mass is 10.00. The Morgan fingerprint density at radius 1 is 1.24 bits per heavy atom. The summed E-state index contributed by atoms with van der Waals surface area (Å²) in [4.78, 5) is 0. The summed E-state index contributed by atoms with van der Waals surface area (Å²) < 4.78 is 10.4. The molecule has 0 amide bonds. The van der Waals surface area contributed by atoms with Gasteiger partial charge in [-0.25, -0.2) is 0 Å². The Morgan fingerprint density at radius 3 is 2.65 bits per heavy atom. The zero-order chi connectivity index (χ0) is 12.5. The number of benzene rings is 1. The van der Waals surface area contributed by atoms with Crippen molar-refractivity contribution < 1.29 is 9.47 Å². The molecule has 1 unspecified atom stereocenters. The van der Waals surface area contributed by atoms with E-state index in [1.54, 1.807) is 7.11 Å². The van der Waals surface area contributed by atoms with E-state index in [2.05, 4.69) is 24.5 Å². The molecule has 17 heavy (non-hydrogen) atoms. The average molecular weight is 238 g/mol. The molecule has 0 heterocycles. The first kappa shape index (κ1) is 14.1. The third kappa shape index (κ3) is 4.83. The van der Waals surface area contributed by atoms with Gasteiger partial charge in [-0.05, 0) is 24.5 Å². The van der Waals surface area contributed by atoms with Crippen molar-refractivity contribution >= 4 is 0 Å². The predicted octanol–water partition coefficient (Wildman–Crippen LogP) is 1.55. The van der Waals surface area contributed by atoms with Crippen LogP contribution in [0.5, 0.6) is 0 Å². The van der Waals surface area contributed by atoms with Crippen LogP contribution in [0, 0.1) is 6.92 Å².